The first kappa shape index (κ1) is 21.6. The van der Waals surface area contributed by atoms with Gasteiger partial charge >= 0.3 is 0 Å². The summed E-state index contributed by atoms with van der Waals surface area (Å²) in [5.74, 6) is 0.174. The average Bonchev–Trinajstić information content (AvgIpc) is 3.36. The predicted octanol–water partition coefficient (Wildman–Crippen LogP) is 5.80. The molecule has 0 aliphatic carbocycles. The third-order valence-electron chi connectivity index (χ3n) is 3.87. The van der Waals surface area contributed by atoms with Gasteiger partial charge in [-0.15, -0.1) is 0 Å². The number of hydrazone groups is 1. The molecule has 0 aliphatic heterocycles. The van der Waals surface area contributed by atoms with Crippen LogP contribution in [-0.2, 0) is 4.79 Å². The molecule has 2 heterocycles. The molecule has 4 rings (SSSR count). The van der Waals surface area contributed by atoms with E-state index in [2.05, 4.69) is 20.5 Å². The Labute approximate surface area is 195 Å². The second kappa shape index (κ2) is 9.65. The zero-order valence-electron chi connectivity index (χ0n) is 15.6. The van der Waals surface area contributed by atoms with Gasteiger partial charge < -0.3 is 14.1 Å². The molecule has 0 atom stereocenters. The van der Waals surface area contributed by atoms with Crippen LogP contribution in [0.3, 0.4) is 0 Å². The Morgan fingerprint density at radius 1 is 1.23 bits per heavy atom. The Balaban J connectivity index is 1.29. The number of furan rings is 1. The molecule has 2 aromatic heterocycles. The van der Waals surface area contributed by atoms with E-state index in [-0.39, 0.29) is 22.4 Å². The molecule has 2 aromatic carbocycles. The number of amides is 1. The minimum absolute atomic E-state index is 0.174. The Morgan fingerprint density at radius 2 is 2.06 bits per heavy atom. The molecule has 0 aliphatic rings. The molecule has 0 saturated carbocycles. The summed E-state index contributed by atoms with van der Waals surface area (Å²) in [6, 6.07) is 14.2. The van der Waals surface area contributed by atoms with Gasteiger partial charge in [0.1, 0.15) is 16.5 Å². The van der Waals surface area contributed by atoms with Crippen molar-refractivity contribution in [3.05, 3.63) is 69.4 Å². The number of aromatic amines is 1. The van der Waals surface area contributed by atoms with Gasteiger partial charge in [0.25, 0.3) is 5.91 Å². The van der Waals surface area contributed by atoms with Crippen molar-refractivity contribution < 1.29 is 13.9 Å². The molecule has 0 spiro atoms. The van der Waals surface area contributed by atoms with Gasteiger partial charge in [-0.3, -0.25) is 4.79 Å². The van der Waals surface area contributed by atoms with Gasteiger partial charge in [-0.25, -0.2) is 10.4 Å². The van der Waals surface area contributed by atoms with E-state index in [1.54, 1.807) is 12.1 Å². The van der Waals surface area contributed by atoms with Crippen LogP contribution in [0.25, 0.3) is 11.0 Å². The Hall–Kier alpha value is -2.65. The van der Waals surface area contributed by atoms with Crippen molar-refractivity contribution >= 4 is 69.7 Å². The van der Waals surface area contributed by atoms with E-state index < -0.39 is 5.91 Å². The maximum Gasteiger partial charge on any atom is 0.277 e. The van der Waals surface area contributed by atoms with Gasteiger partial charge in [0, 0.05) is 11.1 Å². The molecule has 2 N–H and O–H groups in total. The monoisotopic (exact) mass is 494 g/mol. The van der Waals surface area contributed by atoms with Crippen molar-refractivity contribution in [2.45, 2.75) is 10.2 Å². The highest BCUT2D eigenvalue weighted by molar-refractivity contribution is 7.99. The SMILES string of the molecule is O=C(COc1cc(Cl)cc(Cl)c1Cl)NN=Cc1ccc(Sc2nc3ccccc3[nH]2)o1. The fourth-order valence-electron chi connectivity index (χ4n) is 2.51. The van der Waals surface area contributed by atoms with Crippen LogP contribution in [0.5, 0.6) is 5.75 Å². The minimum atomic E-state index is -0.494. The number of carbonyl (C=O) groups excluding carboxylic acids is 1. The Bertz CT molecular complexity index is 1240. The third-order valence-corrected chi connectivity index (χ3v) is 5.68. The molecule has 7 nitrogen and oxygen atoms in total. The van der Waals surface area contributed by atoms with Crippen LogP contribution in [0.15, 0.2) is 68.3 Å². The lowest BCUT2D eigenvalue weighted by molar-refractivity contribution is -0.123. The smallest absolute Gasteiger partial charge is 0.277 e. The number of rotatable bonds is 7. The van der Waals surface area contributed by atoms with E-state index in [1.807, 2.05) is 24.3 Å². The molecule has 31 heavy (non-hydrogen) atoms. The molecular weight excluding hydrogens is 483 g/mol. The minimum Gasteiger partial charge on any atom is -0.482 e. The third kappa shape index (κ3) is 5.54. The second-order valence-corrected chi connectivity index (χ2v) is 8.31. The van der Waals surface area contributed by atoms with E-state index >= 15 is 0 Å². The molecule has 0 saturated heterocycles. The molecule has 0 radical (unpaired) electrons. The molecule has 0 bridgehead atoms. The van der Waals surface area contributed by atoms with Gasteiger partial charge in [-0.1, -0.05) is 46.9 Å². The number of nitrogens with one attached hydrogen (secondary N) is 2. The number of carbonyl (C=O) groups is 1. The number of nitrogens with zero attached hydrogens (tertiary/aromatic N) is 2. The quantitative estimate of drug-likeness (QED) is 0.192. The van der Waals surface area contributed by atoms with Gasteiger partial charge in [0.05, 0.1) is 22.3 Å². The van der Waals surface area contributed by atoms with E-state index in [9.17, 15) is 4.79 Å². The van der Waals surface area contributed by atoms with E-state index in [0.717, 1.165) is 11.0 Å². The summed E-state index contributed by atoms with van der Waals surface area (Å²) in [7, 11) is 0. The summed E-state index contributed by atoms with van der Waals surface area (Å²) < 4.78 is 11.0. The summed E-state index contributed by atoms with van der Waals surface area (Å²) in [5.41, 5.74) is 4.17. The normalized spacial score (nSPS) is 11.3. The average molecular weight is 496 g/mol. The van der Waals surface area contributed by atoms with Gasteiger partial charge in [0.15, 0.2) is 16.9 Å². The zero-order chi connectivity index (χ0) is 21.8. The number of hydrogen-bond acceptors (Lipinski definition) is 6. The molecular formula is C20H13Cl3N4O3S. The van der Waals surface area contributed by atoms with Crippen LogP contribution >= 0.6 is 46.6 Å². The van der Waals surface area contributed by atoms with E-state index in [1.165, 1.54) is 30.1 Å². The Kier molecular flexibility index (Phi) is 6.72. The van der Waals surface area contributed by atoms with Crippen molar-refractivity contribution in [3.63, 3.8) is 0 Å². The maximum absolute atomic E-state index is 11.9. The van der Waals surface area contributed by atoms with Crippen LogP contribution in [0.4, 0.5) is 0 Å². The van der Waals surface area contributed by atoms with Crippen LogP contribution in [0.2, 0.25) is 15.1 Å². The highest BCUT2D eigenvalue weighted by Gasteiger charge is 2.11. The highest BCUT2D eigenvalue weighted by Crippen LogP contribution is 2.35. The van der Waals surface area contributed by atoms with E-state index in [0.29, 0.717) is 21.0 Å². The summed E-state index contributed by atoms with van der Waals surface area (Å²) >= 11 is 19.2. The van der Waals surface area contributed by atoms with Gasteiger partial charge in [-0.05, 0) is 42.1 Å². The summed E-state index contributed by atoms with van der Waals surface area (Å²) in [4.78, 5) is 19.6. The number of fused-ring (bicyclic) bond motifs is 1. The lowest BCUT2D eigenvalue weighted by atomic mass is 10.3. The lowest BCUT2D eigenvalue weighted by Gasteiger charge is -2.08. The number of para-hydroxylation sites is 2. The first-order valence-electron chi connectivity index (χ1n) is 8.79. The van der Waals surface area contributed by atoms with Crippen LogP contribution in [0.1, 0.15) is 5.76 Å². The van der Waals surface area contributed by atoms with E-state index in [4.69, 9.17) is 44.0 Å². The van der Waals surface area contributed by atoms with Gasteiger partial charge in [-0.2, -0.15) is 5.10 Å². The summed E-state index contributed by atoms with van der Waals surface area (Å²) in [6.45, 7) is -0.320. The van der Waals surface area contributed by atoms with Crippen LogP contribution in [-0.4, -0.2) is 28.7 Å². The molecule has 11 heteroatoms. The number of H-pyrrole nitrogens is 1. The number of halogens is 3. The number of benzene rings is 2. The number of ether oxygens (including phenoxy) is 1. The van der Waals surface area contributed by atoms with Crippen molar-refractivity contribution in [2.75, 3.05) is 6.61 Å². The maximum atomic E-state index is 11.9. The topological polar surface area (TPSA) is 92.5 Å². The van der Waals surface area contributed by atoms with Crippen molar-refractivity contribution in [1.29, 1.82) is 0 Å². The number of aromatic nitrogens is 2. The summed E-state index contributed by atoms with van der Waals surface area (Å²) in [6.07, 6.45) is 1.38. The Morgan fingerprint density at radius 3 is 2.90 bits per heavy atom. The lowest BCUT2D eigenvalue weighted by Crippen LogP contribution is -2.24. The summed E-state index contributed by atoms with van der Waals surface area (Å²) in [5, 5.41) is 5.94. The fourth-order valence-corrected chi connectivity index (χ4v) is 3.92. The van der Waals surface area contributed by atoms with Crippen molar-refractivity contribution in [1.82, 2.24) is 15.4 Å². The highest BCUT2D eigenvalue weighted by atomic mass is 35.5. The van der Waals surface area contributed by atoms with Crippen molar-refractivity contribution in [2.24, 2.45) is 5.10 Å². The largest absolute Gasteiger partial charge is 0.482 e. The standard InChI is InChI=1S/C20H13Cl3N4O3S/c21-11-7-13(22)19(23)16(8-11)29-10-17(28)27-24-9-12-5-6-18(30-12)31-20-25-14-3-1-2-4-15(14)26-20/h1-9H,10H2,(H,25,26)(H,27,28). The molecule has 4 aromatic rings. The van der Waals surface area contributed by atoms with Gasteiger partial charge in [0.2, 0.25) is 0 Å². The molecule has 1 amide bonds. The van der Waals surface area contributed by atoms with Crippen LogP contribution < -0.4 is 10.2 Å². The molecule has 0 fully saturated rings. The zero-order valence-corrected chi connectivity index (χ0v) is 18.6. The second-order valence-electron chi connectivity index (χ2n) is 6.10. The van der Waals surface area contributed by atoms with Crippen molar-refractivity contribution in [3.8, 4) is 5.75 Å². The number of hydrogen-bond donors (Lipinski definition) is 2. The predicted molar refractivity (Wildman–Crippen MR) is 122 cm³/mol. The number of imidazole rings is 1. The molecule has 158 valence electrons. The first-order chi connectivity index (χ1) is 15.0. The van der Waals surface area contributed by atoms with Crippen LogP contribution in [0, 0.1) is 0 Å². The first-order valence-corrected chi connectivity index (χ1v) is 10.7. The molecule has 0 unspecified atom stereocenters. The fraction of sp³-hybridized carbons (Fsp3) is 0.0500.